The molecule has 0 radical (unpaired) electrons. The Labute approximate surface area is 127 Å². The fraction of sp³-hybridized carbons (Fsp3) is 0.786. The third-order valence-corrected chi connectivity index (χ3v) is 5.75. The lowest BCUT2D eigenvalue weighted by atomic mass is 9.98. The van der Waals surface area contributed by atoms with Gasteiger partial charge in [0, 0.05) is 18.2 Å². The van der Waals surface area contributed by atoms with Crippen molar-refractivity contribution in [3.05, 3.63) is 0 Å². The normalized spacial score (nSPS) is 32.2. The lowest BCUT2D eigenvalue weighted by molar-refractivity contribution is -0.148. The highest BCUT2D eigenvalue weighted by Gasteiger charge is 2.47. The number of carboxylic acids is 1. The van der Waals surface area contributed by atoms with E-state index < -0.39 is 17.6 Å². The van der Waals surface area contributed by atoms with Crippen LogP contribution < -0.4 is 5.32 Å². The number of aliphatic carboxylic acids is 1. The molecular weight excluding hydrogens is 292 g/mol. The third kappa shape index (κ3) is 2.75. The first-order chi connectivity index (χ1) is 10.0. The maximum absolute atomic E-state index is 12.5. The Morgan fingerprint density at radius 1 is 1.24 bits per heavy atom. The molecule has 0 aromatic rings. The largest absolute Gasteiger partial charge is 0.479 e. The predicted molar refractivity (Wildman–Crippen MR) is 77.9 cm³/mol. The molecule has 2 N–H and O–H groups in total. The van der Waals surface area contributed by atoms with E-state index >= 15 is 0 Å². The molecule has 1 saturated carbocycles. The lowest BCUT2D eigenvalue weighted by Gasteiger charge is -2.29. The molecule has 0 aromatic carbocycles. The number of nitrogens with one attached hydrogen (secondary N) is 1. The number of amides is 2. The smallest absolute Gasteiger partial charge is 0.330 e. The Morgan fingerprint density at radius 3 is 2.57 bits per heavy atom. The van der Waals surface area contributed by atoms with Crippen molar-refractivity contribution in [1.82, 2.24) is 10.2 Å². The third-order valence-electron chi connectivity index (χ3n) is 4.56. The zero-order valence-electron chi connectivity index (χ0n) is 11.8. The van der Waals surface area contributed by atoms with Gasteiger partial charge in [-0.3, -0.25) is 9.59 Å². The molecule has 0 bridgehead atoms. The van der Waals surface area contributed by atoms with Crippen LogP contribution in [-0.4, -0.2) is 57.4 Å². The van der Waals surface area contributed by atoms with E-state index in [4.69, 9.17) is 0 Å². The SMILES string of the molecule is O=C(NC1(C(=O)O)CCSC1)C1CCCN1C(=O)C1CC1. The molecule has 3 aliphatic rings. The van der Waals surface area contributed by atoms with E-state index in [9.17, 15) is 19.5 Å². The number of carbonyl (C=O) groups is 3. The first kappa shape index (κ1) is 14.7. The van der Waals surface area contributed by atoms with Gasteiger partial charge in [0.1, 0.15) is 11.6 Å². The van der Waals surface area contributed by atoms with Gasteiger partial charge in [0.25, 0.3) is 0 Å². The second-order valence-electron chi connectivity index (χ2n) is 6.14. The quantitative estimate of drug-likeness (QED) is 0.788. The number of rotatable bonds is 4. The summed E-state index contributed by atoms with van der Waals surface area (Å²) in [5.74, 6) is 0.0243. The summed E-state index contributed by atoms with van der Waals surface area (Å²) in [4.78, 5) is 37.8. The minimum Gasteiger partial charge on any atom is -0.479 e. The summed E-state index contributed by atoms with van der Waals surface area (Å²) in [5.41, 5.74) is -1.15. The molecule has 116 valence electrons. The van der Waals surface area contributed by atoms with Crippen LogP contribution in [0, 0.1) is 5.92 Å². The van der Waals surface area contributed by atoms with Crippen molar-refractivity contribution in [3.63, 3.8) is 0 Å². The average molecular weight is 312 g/mol. The number of hydrogen-bond acceptors (Lipinski definition) is 4. The second kappa shape index (κ2) is 5.51. The van der Waals surface area contributed by atoms with Crippen molar-refractivity contribution in [2.75, 3.05) is 18.1 Å². The Morgan fingerprint density at radius 2 is 2.00 bits per heavy atom. The van der Waals surface area contributed by atoms with Crippen LogP contribution in [0.15, 0.2) is 0 Å². The maximum Gasteiger partial charge on any atom is 0.330 e. The summed E-state index contributed by atoms with van der Waals surface area (Å²) >= 11 is 1.54. The van der Waals surface area contributed by atoms with Gasteiger partial charge in [-0.25, -0.2) is 4.79 Å². The molecule has 3 fully saturated rings. The van der Waals surface area contributed by atoms with Crippen LogP contribution in [0.1, 0.15) is 32.1 Å². The van der Waals surface area contributed by atoms with Gasteiger partial charge in [-0.2, -0.15) is 11.8 Å². The molecule has 2 atom stereocenters. The Balaban J connectivity index is 1.69. The van der Waals surface area contributed by atoms with Crippen LogP contribution in [0.4, 0.5) is 0 Å². The number of carboxylic acid groups (broad SMARTS) is 1. The van der Waals surface area contributed by atoms with Crippen LogP contribution in [0.3, 0.4) is 0 Å². The number of nitrogens with zero attached hydrogens (tertiary/aromatic N) is 1. The summed E-state index contributed by atoms with van der Waals surface area (Å²) in [5, 5.41) is 12.1. The van der Waals surface area contributed by atoms with Crippen LogP contribution >= 0.6 is 11.8 Å². The van der Waals surface area contributed by atoms with Gasteiger partial charge >= 0.3 is 5.97 Å². The Hall–Kier alpha value is -1.24. The number of likely N-dealkylation sites (tertiary alicyclic amines) is 1. The molecule has 21 heavy (non-hydrogen) atoms. The summed E-state index contributed by atoms with van der Waals surface area (Å²) < 4.78 is 0. The van der Waals surface area contributed by atoms with E-state index in [1.165, 1.54) is 11.8 Å². The van der Waals surface area contributed by atoms with Crippen molar-refractivity contribution >= 4 is 29.5 Å². The maximum atomic E-state index is 12.5. The molecule has 0 spiro atoms. The van der Waals surface area contributed by atoms with E-state index in [-0.39, 0.29) is 17.7 Å². The highest BCUT2D eigenvalue weighted by molar-refractivity contribution is 7.99. The fourth-order valence-corrected chi connectivity index (χ4v) is 4.40. The van der Waals surface area contributed by atoms with Crippen LogP contribution in [0.5, 0.6) is 0 Å². The lowest BCUT2D eigenvalue weighted by Crippen LogP contribution is -2.59. The predicted octanol–water partition coefficient (Wildman–Crippen LogP) is 0.464. The van der Waals surface area contributed by atoms with Crippen molar-refractivity contribution in [3.8, 4) is 0 Å². The summed E-state index contributed by atoms with van der Waals surface area (Å²) in [6.45, 7) is 0.613. The highest BCUT2D eigenvalue weighted by Crippen LogP contribution is 2.34. The molecular formula is C14H20N2O4S. The molecule has 2 amide bonds. The van der Waals surface area contributed by atoms with Crippen LogP contribution in [0.2, 0.25) is 0 Å². The molecule has 1 aliphatic carbocycles. The van der Waals surface area contributed by atoms with Gasteiger partial charge in [-0.05, 0) is 37.9 Å². The molecule has 0 aromatic heterocycles. The van der Waals surface area contributed by atoms with E-state index in [1.54, 1.807) is 4.90 Å². The molecule has 2 unspecified atom stereocenters. The fourth-order valence-electron chi connectivity index (χ4n) is 3.07. The summed E-state index contributed by atoms with van der Waals surface area (Å²) in [6.07, 6.45) is 3.72. The number of carbonyl (C=O) groups excluding carboxylic acids is 2. The summed E-state index contributed by atoms with van der Waals surface area (Å²) in [6, 6.07) is -0.486. The molecule has 2 saturated heterocycles. The van der Waals surface area contributed by atoms with E-state index in [1.807, 2.05) is 0 Å². The van der Waals surface area contributed by atoms with Crippen molar-refractivity contribution in [2.45, 2.75) is 43.7 Å². The van der Waals surface area contributed by atoms with Gasteiger partial charge < -0.3 is 15.3 Å². The van der Waals surface area contributed by atoms with Crippen molar-refractivity contribution in [1.29, 1.82) is 0 Å². The van der Waals surface area contributed by atoms with Crippen LogP contribution in [0.25, 0.3) is 0 Å². The van der Waals surface area contributed by atoms with E-state index in [2.05, 4.69) is 5.32 Å². The first-order valence-corrected chi connectivity index (χ1v) is 8.63. The minimum absolute atomic E-state index is 0.0674. The van der Waals surface area contributed by atoms with Gasteiger partial charge in [0.15, 0.2) is 0 Å². The average Bonchev–Trinajstić information content (AvgIpc) is 2.99. The monoisotopic (exact) mass is 312 g/mol. The first-order valence-electron chi connectivity index (χ1n) is 7.47. The van der Waals surface area contributed by atoms with Crippen LogP contribution in [-0.2, 0) is 14.4 Å². The van der Waals surface area contributed by atoms with Crippen molar-refractivity contribution < 1.29 is 19.5 Å². The molecule has 3 rings (SSSR count). The zero-order chi connectivity index (χ0) is 15.0. The van der Waals surface area contributed by atoms with E-state index in [0.717, 1.165) is 25.0 Å². The number of thioether (sulfide) groups is 1. The molecule has 7 heteroatoms. The summed E-state index contributed by atoms with van der Waals surface area (Å²) in [7, 11) is 0. The molecule has 6 nitrogen and oxygen atoms in total. The highest BCUT2D eigenvalue weighted by atomic mass is 32.2. The standard InChI is InChI=1S/C14H20N2O4S/c17-11(15-14(13(19)20)5-7-21-8-14)10-2-1-6-16(10)12(18)9-3-4-9/h9-10H,1-8H2,(H,15,17)(H,19,20). The zero-order valence-corrected chi connectivity index (χ0v) is 12.7. The van der Waals surface area contributed by atoms with Crippen molar-refractivity contribution in [2.24, 2.45) is 5.92 Å². The minimum atomic E-state index is -1.15. The Bertz CT molecular complexity index is 472. The molecule has 2 heterocycles. The topological polar surface area (TPSA) is 86.7 Å². The number of hydrogen-bond donors (Lipinski definition) is 2. The second-order valence-corrected chi connectivity index (χ2v) is 7.25. The van der Waals surface area contributed by atoms with Gasteiger partial charge in [0.2, 0.25) is 11.8 Å². The Kier molecular flexibility index (Phi) is 3.86. The van der Waals surface area contributed by atoms with E-state index in [0.29, 0.717) is 25.1 Å². The van der Waals surface area contributed by atoms with Gasteiger partial charge in [-0.15, -0.1) is 0 Å². The van der Waals surface area contributed by atoms with Gasteiger partial charge in [0.05, 0.1) is 0 Å². The molecule has 2 aliphatic heterocycles. The van der Waals surface area contributed by atoms with Gasteiger partial charge in [-0.1, -0.05) is 0 Å².